The molecule has 0 aliphatic carbocycles. The number of benzene rings is 1. The minimum atomic E-state index is -0.00238. The average Bonchev–Trinajstić information content (AvgIpc) is 3.23. The van der Waals surface area contributed by atoms with Gasteiger partial charge < -0.3 is 14.1 Å². The molecule has 126 valence electrons. The van der Waals surface area contributed by atoms with Crippen molar-refractivity contribution in [3.05, 3.63) is 53.0 Å². The Bertz CT molecular complexity index is 745. The lowest BCUT2D eigenvalue weighted by atomic mass is 10.1. The molecule has 1 aromatic heterocycles. The van der Waals surface area contributed by atoms with Crippen molar-refractivity contribution >= 4 is 5.91 Å². The fraction of sp³-hybridized carbons (Fsp3) is 0.421. The summed E-state index contributed by atoms with van der Waals surface area (Å²) in [5.74, 6) is 2.25. The zero-order chi connectivity index (χ0) is 16.5. The van der Waals surface area contributed by atoms with E-state index >= 15 is 0 Å². The van der Waals surface area contributed by atoms with E-state index < -0.39 is 0 Å². The van der Waals surface area contributed by atoms with E-state index in [2.05, 4.69) is 23.1 Å². The van der Waals surface area contributed by atoms with E-state index in [1.807, 2.05) is 17.9 Å². The predicted molar refractivity (Wildman–Crippen MR) is 90.3 cm³/mol. The van der Waals surface area contributed by atoms with E-state index in [0.29, 0.717) is 5.76 Å². The maximum Gasteiger partial charge on any atom is 0.289 e. The van der Waals surface area contributed by atoms with Crippen molar-refractivity contribution in [3.63, 3.8) is 0 Å². The second-order valence-electron chi connectivity index (χ2n) is 6.52. The van der Waals surface area contributed by atoms with Crippen LogP contribution >= 0.6 is 0 Å². The number of hydrogen-bond acceptors (Lipinski definition) is 4. The summed E-state index contributed by atoms with van der Waals surface area (Å²) in [5.41, 5.74) is 2.63. The number of ether oxygens (including phenoxy) is 1. The van der Waals surface area contributed by atoms with E-state index in [1.165, 1.54) is 11.1 Å². The van der Waals surface area contributed by atoms with Crippen molar-refractivity contribution in [2.75, 3.05) is 32.8 Å². The van der Waals surface area contributed by atoms with Crippen molar-refractivity contribution in [2.45, 2.75) is 19.9 Å². The van der Waals surface area contributed by atoms with Crippen LogP contribution in [0.3, 0.4) is 0 Å². The number of nitrogens with zero attached hydrogens (tertiary/aromatic N) is 2. The summed E-state index contributed by atoms with van der Waals surface area (Å²) in [4.78, 5) is 16.7. The van der Waals surface area contributed by atoms with Gasteiger partial charge in [0.05, 0.1) is 6.61 Å². The quantitative estimate of drug-likeness (QED) is 0.869. The molecule has 3 heterocycles. The van der Waals surface area contributed by atoms with Gasteiger partial charge in [-0.3, -0.25) is 9.69 Å². The Morgan fingerprint density at radius 1 is 1.12 bits per heavy atom. The highest BCUT2D eigenvalue weighted by molar-refractivity contribution is 5.91. The molecule has 0 spiro atoms. The van der Waals surface area contributed by atoms with Crippen LogP contribution in [-0.4, -0.2) is 48.5 Å². The van der Waals surface area contributed by atoms with E-state index in [1.54, 1.807) is 6.07 Å². The summed E-state index contributed by atoms with van der Waals surface area (Å²) in [6, 6.07) is 10.1. The molecule has 1 aromatic carbocycles. The Balaban J connectivity index is 1.34. The maximum atomic E-state index is 12.4. The second-order valence-corrected chi connectivity index (χ2v) is 6.52. The van der Waals surface area contributed by atoms with Crippen LogP contribution in [0.15, 0.2) is 34.7 Å². The number of amides is 1. The molecule has 0 saturated carbocycles. The minimum Gasteiger partial charge on any atom is -0.493 e. The van der Waals surface area contributed by atoms with Crippen molar-refractivity contribution in [1.82, 2.24) is 9.80 Å². The van der Waals surface area contributed by atoms with Crippen molar-refractivity contribution in [2.24, 2.45) is 0 Å². The van der Waals surface area contributed by atoms with Gasteiger partial charge >= 0.3 is 0 Å². The molecule has 2 aliphatic heterocycles. The van der Waals surface area contributed by atoms with Crippen LogP contribution < -0.4 is 4.74 Å². The molecule has 0 bridgehead atoms. The molecule has 0 N–H and O–H groups in total. The highest BCUT2D eigenvalue weighted by Crippen LogP contribution is 2.26. The molecule has 0 unspecified atom stereocenters. The van der Waals surface area contributed by atoms with Gasteiger partial charge in [-0.1, -0.05) is 12.1 Å². The molecule has 1 saturated heterocycles. The van der Waals surface area contributed by atoms with Crippen LogP contribution in [0, 0.1) is 6.92 Å². The summed E-state index contributed by atoms with van der Waals surface area (Å²) in [6.45, 7) is 6.84. The van der Waals surface area contributed by atoms with Gasteiger partial charge in [0.15, 0.2) is 5.76 Å². The molecule has 4 rings (SSSR count). The number of hydrogen-bond donors (Lipinski definition) is 0. The Morgan fingerprint density at radius 3 is 2.71 bits per heavy atom. The van der Waals surface area contributed by atoms with Crippen LogP contribution in [-0.2, 0) is 13.0 Å². The largest absolute Gasteiger partial charge is 0.493 e. The zero-order valence-corrected chi connectivity index (χ0v) is 14.0. The normalized spacial score (nSPS) is 17.6. The van der Waals surface area contributed by atoms with E-state index in [0.717, 1.165) is 57.3 Å². The molecule has 2 aliphatic rings. The molecule has 2 aromatic rings. The fourth-order valence-electron chi connectivity index (χ4n) is 3.41. The van der Waals surface area contributed by atoms with Crippen molar-refractivity contribution in [3.8, 4) is 5.75 Å². The van der Waals surface area contributed by atoms with Crippen LogP contribution in [0.1, 0.15) is 27.4 Å². The Morgan fingerprint density at radius 2 is 1.96 bits per heavy atom. The van der Waals surface area contributed by atoms with Crippen LogP contribution in [0.25, 0.3) is 0 Å². The number of furan rings is 1. The zero-order valence-electron chi connectivity index (χ0n) is 14.0. The molecule has 5 nitrogen and oxygen atoms in total. The Hall–Kier alpha value is -2.27. The van der Waals surface area contributed by atoms with Gasteiger partial charge in [0.25, 0.3) is 5.91 Å². The third kappa shape index (κ3) is 3.04. The van der Waals surface area contributed by atoms with Gasteiger partial charge in [-0.05, 0) is 36.2 Å². The number of fused-ring (bicyclic) bond motifs is 1. The third-order valence-corrected chi connectivity index (χ3v) is 4.77. The number of aryl methyl sites for hydroxylation is 1. The van der Waals surface area contributed by atoms with Crippen LogP contribution in [0.2, 0.25) is 0 Å². The van der Waals surface area contributed by atoms with Crippen LogP contribution in [0.4, 0.5) is 0 Å². The highest BCUT2D eigenvalue weighted by Gasteiger charge is 2.24. The summed E-state index contributed by atoms with van der Waals surface area (Å²) in [6.07, 6.45) is 1.01. The van der Waals surface area contributed by atoms with Gasteiger partial charge in [-0.25, -0.2) is 0 Å². The summed E-state index contributed by atoms with van der Waals surface area (Å²) < 4.78 is 11.0. The highest BCUT2D eigenvalue weighted by atomic mass is 16.5. The van der Waals surface area contributed by atoms with Gasteiger partial charge in [-0.2, -0.15) is 0 Å². The number of carbonyl (C=O) groups is 1. The SMILES string of the molecule is Cc1ccc(C(=O)N2CCN(Cc3ccc4c(c3)CCO4)CC2)o1. The van der Waals surface area contributed by atoms with Gasteiger partial charge in [-0.15, -0.1) is 0 Å². The first-order valence-electron chi connectivity index (χ1n) is 8.52. The topological polar surface area (TPSA) is 45.9 Å². The summed E-state index contributed by atoms with van der Waals surface area (Å²) in [5, 5.41) is 0. The lowest BCUT2D eigenvalue weighted by Crippen LogP contribution is -2.48. The number of piperazine rings is 1. The molecular formula is C19H22N2O3. The van der Waals surface area contributed by atoms with Gasteiger partial charge in [0.1, 0.15) is 11.5 Å². The monoisotopic (exact) mass is 326 g/mol. The molecule has 1 fully saturated rings. The summed E-state index contributed by atoms with van der Waals surface area (Å²) in [7, 11) is 0. The van der Waals surface area contributed by atoms with Gasteiger partial charge in [0.2, 0.25) is 0 Å². The van der Waals surface area contributed by atoms with E-state index in [4.69, 9.17) is 9.15 Å². The molecule has 24 heavy (non-hydrogen) atoms. The van der Waals surface area contributed by atoms with Crippen LogP contribution in [0.5, 0.6) is 5.75 Å². The molecule has 0 radical (unpaired) electrons. The predicted octanol–water partition coefficient (Wildman–Crippen LogP) is 2.48. The Labute approximate surface area is 141 Å². The first-order chi connectivity index (χ1) is 11.7. The maximum absolute atomic E-state index is 12.4. The third-order valence-electron chi connectivity index (χ3n) is 4.77. The van der Waals surface area contributed by atoms with E-state index in [9.17, 15) is 4.79 Å². The molecular weight excluding hydrogens is 304 g/mol. The lowest BCUT2D eigenvalue weighted by Gasteiger charge is -2.34. The summed E-state index contributed by atoms with van der Waals surface area (Å²) >= 11 is 0. The first kappa shape index (κ1) is 15.3. The molecule has 0 atom stereocenters. The van der Waals surface area contributed by atoms with Crippen molar-refractivity contribution < 1.29 is 13.9 Å². The number of carbonyl (C=O) groups excluding carboxylic acids is 1. The van der Waals surface area contributed by atoms with Crippen molar-refractivity contribution in [1.29, 1.82) is 0 Å². The smallest absolute Gasteiger partial charge is 0.289 e. The lowest BCUT2D eigenvalue weighted by molar-refractivity contribution is 0.0596. The Kier molecular flexibility index (Phi) is 4.02. The minimum absolute atomic E-state index is 0.00238. The molecule has 5 heteroatoms. The first-order valence-corrected chi connectivity index (χ1v) is 8.52. The standard InChI is InChI=1S/C19H22N2O3/c1-14-2-4-18(24-14)19(22)21-9-7-20(8-10-21)13-15-3-5-17-16(12-15)6-11-23-17/h2-5,12H,6-11,13H2,1H3. The van der Waals surface area contributed by atoms with E-state index in [-0.39, 0.29) is 5.91 Å². The fourth-order valence-corrected chi connectivity index (χ4v) is 3.41. The molecule has 1 amide bonds. The average molecular weight is 326 g/mol. The number of rotatable bonds is 3. The second kappa shape index (κ2) is 6.32. The van der Waals surface area contributed by atoms with Gasteiger partial charge in [0, 0.05) is 39.1 Å².